The third-order valence-electron chi connectivity index (χ3n) is 11.6. The van der Waals surface area contributed by atoms with E-state index >= 15 is 0 Å². The van der Waals surface area contributed by atoms with Gasteiger partial charge in [0.15, 0.2) is 11.6 Å². The van der Waals surface area contributed by atoms with Crippen LogP contribution >= 0.6 is 0 Å². The van der Waals surface area contributed by atoms with Gasteiger partial charge in [-0.2, -0.15) is 0 Å². The van der Waals surface area contributed by atoms with Gasteiger partial charge in [-0.05, 0) is 86.5 Å². The van der Waals surface area contributed by atoms with Crippen LogP contribution in [0.4, 0.5) is 5.69 Å². The predicted octanol–water partition coefficient (Wildman–Crippen LogP) is 11.2. The van der Waals surface area contributed by atoms with Crippen molar-refractivity contribution in [1.29, 1.82) is 0 Å². The number of aliphatic imine (C=N–C) groups is 2. The van der Waals surface area contributed by atoms with Crippen LogP contribution in [-0.4, -0.2) is 27.4 Å². The quantitative estimate of drug-likeness (QED) is 0.206. The fourth-order valence-electron chi connectivity index (χ4n) is 8.48. The van der Waals surface area contributed by atoms with Gasteiger partial charge in [-0.3, -0.25) is 9.98 Å². The summed E-state index contributed by atoms with van der Waals surface area (Å²) in [6.07, 6.45) is 29.5. The summed E-state index contributed by atoms with van der Waals surface area (Å²) in [6, 6.07) is 23.9. The van der Waals surface area contributed by atoms with E-state index in [0.717, 1.165) is 89.6 Å². The van der Waals surface area contributed by atoms with Crippen LogP contribution in [-0.2, 0) is 11.8 Å². The van der Waals surface area contributed by atoms with Crippen LogP contribution in [0.25, 0.3) is 39.5 Å². The van der Waals surface area contributed by atoms with E-state index in [4.69, 9.17) is 24.9 Å². The molecule has 0 N–H and O–H groups in total. The second kappa shape index (κ2) is 13.4. The number of aryl methyl sites for hydroxylation is 1. The summed E-state index contributed by atoms with van der Waals surface area (Å²) >= 11 is 0. The maximum Gasteiger partial charge on any atom is 0.163 e. The van der Waals surface area contributed by atoms with E-state index < -0.39 is 0 Å². The summed E-state index contributed by atoms with van der Waals surface area (Å²) in [5.41, 5.74) is 11.7. The molecule has 3 heterocycles. The molecule has 0 spiro atoms. The molecule has 4 aromatic rings. The molecule has 1 fully saturated rings. The Bertz CT molecular complexity index is 2190. The smallest absolute Gasteiger partial charge is 0.163 e. The molecule has 51 heavy (non-hydrogen) atoms. The highest BCUT2D eigenvalue weighted by Gasteiger charge is 2.37. The number of hydrogen-bond acceptors (Lipinski definition) is 5. The molecular weight excluding hydrogens is 623 g/mol. The van der Waals surface area contributed by atoms with Crippen LogP contribution in [0, 0.1) is 11.8 Å². The molecule has 1 unspecified atom stereocenters. The van der Waals surface area contributed by atoms with Gasteiger partial charge in [0.05, 0.1) is 11.4 Å². The molecule has 1 saturated carbocycles. The van der Waals surface area contributed by atoms with Crippen LogP contribution < -0.4 is 0 Å². The maximum absolute atomic E-state index is 5.26. The first-order valence-electron chi connectivity index (χ1n) is 18.7. The molecule has 0 bridgehead atoms. The van der Waals surface area contributed by atoms with Gasteiger partial charge in [0.25, 0.3) is 0 Å². The average molecular weight is 666 g/mol. The summed E-state index contributed by atoms with van der Waals surface area (Å²) in [6.45, 7) is 2.37. The first-order chi connectivity index (χ1) is 25.1. The minimum atomic E-state index is -0.115. The minimum Gasteiger partial charge on any atom is -0.260 e. The molecule has 3 aromatic carbocycles. The zero-order valence-corrected chi connectivity index (χ0v) is 29.3. The van der Waals surface area contributed by atoms with E-state index in [9.17, 15) is 0 Å². The Labute approximate surface area is 301 Å². The Morgan fingerprint density at radius 3 is 2.20 bits per heavy atom. The summed E-state index contributed by atoms with van der Waals surface area (Å²) in [5, 5.41) is 0. The summed E-state index contributed by atoms with van der Waals surface area (Å²) in [5.74, 6) is 3.37. The molecule has 3 aliphatic carbocycles. The fraction of sp³-hybridized carbons (Fsp3) is 0.283. The number of dihydropyridines is 1. The van der Waals surface area contributed by atoms with Gasteiger partial charge in [-0.1, -0.05) is 116 Å². The van der Waals surface area contributed by atoms with Crippen molar-refractivity contribution in [1.82, 2.24) is 15.0 Å². The lowest BCUT2D eigenvalue weighted by Crippen LogP contribution is -2.32. The van der Waals surface area contributed by atoms with E-state index in [1.165, 1.54) is 36.0 Å². The molecule has 9 rings (SSSR count). The number of para-hydroxylation sites is 1. The summed E-state index contributed by atoms with van der Waals surface area (Å²) in [4.78, 5) is 25.2. The van der Waals surface area contributed by atoms with Crippen molar-refractivity contribution in [3.63, 3.8) is 0 Å². The number of aromatic nitrogens is 3. The van der Waals surface area contributed by atoms with Gasteiger partial charge in [0, 0.05) is 46.0 Å². The van der Waals surface area contributed by atoms with Gasteiger partial charge in [-0.15, -0.1) is 0 Å². The van der Waals surface area contributed by atoms with Crippen molar-refractivity contribution in [3.05, 3.63) is 137 Å². The van der Waals surface area contributed by atoms with Crippen molar-refractivity contribution < 1.29 is 0 Å². The Morgan fingerprint density at radius 1 is 0.706 bits per heavy atom. The molecule has 0 radical (unpaired) electrons. The van der Waals surface area contributed by atoms with Crippen LogP contribution in [0.2, 0.25) is 0 Å². The molecule has 252 valence electrons. The highest BCUT2D eigenvalue weighted by atomic mass is 15.0. The second-order valence-corrected chi connectivity index (χ2v) is 14.9. The minimum absolute atomic E-state index is 0.115. The lowest BCUT2D eigenvalue weighted by molar-refractivity contribution is 0.256. The summed E-state index contributed by atoms with van der Waals surface area (Å²) < 4.78 is 0. The van der Waals surface area contributed by atoms with Gasteiger partial charge in [0.2, 0.25) is 0 Å². The van der Waals surface area contributed by atoms with Gasteiger partial charge in [-0.25, -0.2) is 15.0 Å². The number of allylic oxidation sites excluding steroid dienone is 9. The second-order valence-electron chi connectivity index (χ2n) is 14.9. The van der Waals surface area contributed by atoms with Crippen LogP contribution in [0.3, 0.4) is 0 Å². The zero-order chi connectivity index (χ0) is 34.2. The third-order valence-corrected chi connectivity index (χ3v) is 11.6. The van der Waals surface area contributed by atoms with E-state index in [2.05, 4.69) is 116 Å². The van der Waals surface area contributed by atoms with E-state index in [-0.39, 0.29) is 5.41 Å². The van der Waals surface area contributed by atoms with E-state index in [0.29, 0.717) is 11.8 Å². The van der Waals surface area contributed by atoms with Crippen molar-refractivity contribution in [3.8, 4) is 33.9 Å². The molecule has 1 atom stereocenters. The Morgan fingerprint density at radius 2 is 1.45 bits per heavy atom. The largest absolute Gasteiger partial charge is 0.260 e. The number of nitrogens with zero attached hydrogens (tertiary/aromatic N) is 5. The Balaban J connectivity index is 1.07. The summed E-state index contributed by atoms with van der Waals surface area (Å²) in [7, 11) is 0. The number of hydrogen-bond donors (Lipinski definition) is 0. The SMILES string of the molecule is CC1(c2nc(-c3ccc(C4=C5N=CC=CC5CC=C4)cc3)nc(-c3ccc(-c4cccc5c4N=CCC5)cc3)n2)CCC(C2=CC=CCC2)CC1. The maximum atomic E-state index is 5.26. The van der Waals surface area contributed by atoms with Crippen molar-refractivity contribution in [2.24, 2.45) is 21.8 Å². The lowest BCUT2D eigenvalue weighted by Gasteiger charge is -2.37. The molecule has 5 nitrogen and oxygen atoms in total. The molecule has 0 amide bonds. The lowest BCUT2D eigenvalue weighted by atomic mass is 9.68. The topological polar surface area (TPSA) is 63.4 Å². The third kappa shape index (κ3) is 6.20. The highest BCUT2D eigenvalue weighted by Crippen LogP contribution is 2.44. The average Bonchev–Trinajstić information content (AvgIpc) is 3.21. The van der Waals surface area contributed by atoms with Crippen LogP contribution in [0.5, 0.6) is 0 Å². The normalized spacial score (nSPS) is 23.6. The van der Waals surface area contributed by atoms with Gasteiger partial charge < -0.3 is 0 Å². The fourth-order valence-corrected chi connectivity index (χ4v) is 8.48. The monoisotopic (exact) mass is 665 g/mol. The Hall–Kier alpha value is -5.29. The zero-order valence-electron chi connectivity index (χ0n) is 29.3. The standard InChI is InChI=1S/C46H43N5/c1-46(27-25-32(26-28-46)31-9-3-2-4-10-31)45-50-43(37-21-17-33(18-22-37)39-15-5-11-35-13-7-29-47-41(35)39)49-44(51-45)38-23-19-34(20-24-38)40-16-6-12-36-14-8-30-48-42(36)40/h2-3,5-7,9,12-13,15-24,29-30,32,35H,4,8,10-11,14,25-28H2,1H3. The molecule has 0 saturated heterocycles. The number of benzene rings is 3. The first kappa shape index (κ1) is 31.7. The van der Waals surface area contributed by atoms with Crippen molar-refractivity contribution >= 4 is 23.7 Å². The predicted molar refractivity (Wildman–Crippen MR) is 210 cm³/mol. The molecule has 5 heteroatoms. The van der Waals surface area contributed by atoms with E-state index in [1.807, 2.05) is 12.4 Å². The van der Waals surface area contributed by atoms with Crippen LogP contribution in [0.1, 0.15) is 75.2 Å². The van der Waals surface area contributed by atoms with Crippen LogP contribution in [0.15, 0.2) is 131 Å². The Kier molecular flexibility index (Phi) is 8.35. The van der Waals surface area contributed by atoms with Crippen molar-refractivity contribution in [2.45, 2.75) is 70.1 Å². The van der Waals surface area contributed by atoms with Crippen molar-refractivity contribution in [2.75, 3.05) is 0 Å². The van der Waals surface area contributed by atoms with Gasteiger partial charge >= 0.3 is 0 Å². The molecule has 1 aromatic heterocycles. The molecular formula is C46H43N5. The molecule has 5 aliphatic rings. The number of rotatable bonds is 6. The number of fused-ring (bicyclic) bond motifs is 2. The molecule has 2 aliphatic heterocycles. The first-order valence-corrected chi connectivity index (χ1v) is 18.7. The van der Waals surface area contributed by atoms with E-state index in [1.54, 1.807) is 5.57 Å². The van der Waals surface area contributed by atoms with Gasteiger partial charge in [0.1, 0.15) is 5.82 Å². The highest BCUT2D eigenvalue weighted by molar-refractivity contribution is 5.85.